The third-order valence-electron chi connectivity index (χ3n) is 2.33. The molecule has 1 amide bonds. The van der Waals surface area contributed by atoms with Gasteiger partial charge in [0.05, 0.1) is 21.6 Å². The summed E-state index contributed by atoms with van der Waals surface area (Å²) in [6, 6.07) is 5.79. The van der Waals surface area contributed by atoms with E-state index in [1.54, 1.807) is 6.07 Å². The van der Waals surface area contributed by atoms with E-state index in [0.29, 0.717) is 0 Å². The highest BCUT2D eigenvalue weighted by Gasteiger charge is 2.31. The molecule has 0 spiro atoms. The molecule has 1 rings (SSSR count). The fourth-order valence-corrected chi connectivity index (χ4v) is 1.75. The summed E-state index contributed by atoms with van der Waals surface area (Å²) in [7, 11) is 2.94. The van der Waals surface area contributed by atoms with Crippen LogP contribution in [0.5, 0.6) is 0 Å². The van der Waals surface area contributed by atoms with E-state index in [9.17, 15) is 14.9 Å². The van der Waals surface area contributed by atoms with Gasteiger partial charge in [0, 0.05) is 20.2 Å². The van der Waals surface area contributed by atoms with Crippen molar-refractivity contribution in [2.45, 2.75) is 5.92 Å². The fourth-order valence-electron chi connectivity index (χ4n) is 1.47. The minimum Gasteiger partial charge on any atom is -0.347 e. The van der Waals surface area contributed by atoms with Crippen molar-refractivity contribution in [1.29, 1.82) is 5.26 Å². The van der Waals surface area contributed by atoms with Crippen LogP contribution in [0.4, 0.5) is 5.69 Å². The van der Waals surface area contributed by atoms with Gasteiger partial charge in [-0.05, 0) is 6.07 Å². The molecule has 0 heterocycles. The number of carbonyl (C=O) groups excluding carboxylic acids is 1. The molecule has 0 fully saturated rings. The summed E-state index contributed by atoms with van der Waals surface area (Å²) >= 11 is 5.87. The minimum atomic E-state index is -1.28. The van der Waals surface area contributed by atoms with Crippen LogP contribution < -0.4 is 0 Å². The lowest BCUT2D eigenvalue weighted by molar-refractivity contribution is -0.385. The Balaban J connectivity index is 3.43. The first-order chi connectivity index (χ1) is 8.40. The van der Waals surface area contributed by atoms with Gasteiger partial charge >= 0.3 is 0 Å². The van der Waals surface area contributed by atoms with Crippen molar-refractivity contribution in [2.24, 2.45) is 0 Å². The van der Waals surface area contributed by atoms with E-state index in [1.807, 2.05) is 0 Å². The van der Waals surface area contributed by atoms with Gasteiger partial charge in [-0.1, -0.05) is 17.7 Å². The Morgan fingerprint density at radius 3 is 2.61 bits per heavy atom. The average molecular weight is 268 g/mol. The van der Waals surface area contributed by atoms with Gasteiger partial charge in [-0.15, -0.1) is 0 Å². The second kappa shape index (κ2) is 5.47. The normalized spacial score (nSPS) is 11.4. The average Bonchev–Trinajstić information content (AvgIpc) is 2.31. The number of halogens is 1. The molecule has 0 aliphatic carbocycles. The smallest absolute Gasteiger partial charge is 0.275 e. The molecule has 1 unspecified atom stereocenters. The van der Waals surface area contributed by atoms with Gasteiger partial charge in [-0.3, -0.25) is 14.9 Å². The molecule has 0 saturated heterocycles. The lowest BCUT2D eigenvalue weighted by Gasteiger charge is -2.16. The molecule has 0 aliphatic rings. The van der Waals surface area contributed by atoms with Crippen molar-refractivity contribution >= 4 is 23.2 Å². The Bertz CT molecular complexity index is 537. The van der Waals surface area contributed by atoms with Crippen molar-refractivity contribution < 1.29 is 9.72 Å². The van der Waals surface area contributed by atoms with E-state index in [1.165, 1.54) is 37.2 Å². The van der Waals surface area contributed by atoms with Crippen molar-refractivity contribution in [3.05, 3.63) is 38.9 Å². The van der Waals surface area contributed by atoms with Gasteiger partial charge in [-0.2, -0.15) is 5.26 Å². The van der Waals surface area contributed by atoms with Crippen LogP contribution in [0.3, 0.4) is 0 Å². The summed E-state index contributed by atoms with van der Waals surface area (Å²) in [5.74, 6) is -1.83. The third kappa shape index (κ3) is 2.57. The first-order valence-corrected chi connectivity index (χ1v) is 5.31. The van der Waals surface area contributed by atoms with Crippen LogP contribution in [0.15, 0.2) is 18.2 Å². The first-order valence-electron chi connectivity index (χ1n) is 4.93. The molecule has 0 aromatic heterocycles. The quantitative estimate of drug-likeness (QED) is 0.618. The van der Waals surface area contributed by atoms with Gasteiger partial charge in [0.15, 0.2) is 5.92 Å². The van der Waals surface area contributed by atoms with Crippen LogP contribution in [-0.2, 0) is 4.79 Å². The maximum Gasteiger partial charge on any atom is 0.275 e. The summed E-state index contributed by atoms with van der Waals surface area (Å²) in [4.78, 5) is 23.3. The first kappa shape index (κ1) is 13.9. The van der Waals surface area contributed by atoms with Gasteiger partial charge in [0.1, 0.15) is 0 Å². The number of hydrogen-bond donors (Lipinski definition) is 0. The van der Waals surface area contributed by atoms with Crippen LogP contribution in [-0.4, -0.2) is 29.8 Å². The Hall–Kier alpha value is -2.13. The standard InChI is InChI=1S/C11H10ClN3O3/c1-14(2)11(16)7(6-13)10-8(12)4-3-5-9(10)15(17)18/h3-5,7H,1-2H3. The Labute approximate surface area is 109 Å². The number of hydrogen-bond acceptors (Lipinski definition) is 4. The molecule has 0 radical (unpaired) electrons. The van der Waals surface area contributed by atoms with Gasteiger partial charge in [0.2, 0.25) is 5.91 Å². The maximum atomic E-state index is 11.8. The fraction of sp³-hybridized carbons (Fsp3) is 0.273. The van der Waals surface area contributed by atoms with Crippen LogP contribution >= 0.6 is 11.6 Å². The number of nitriles is 1. The second-order valence-corrected chi connectivity index (χ2v) is 4.13. The third-order valence-corrected chi connectivity index (χ3v) is 2.66. The van der Waals surface area contributed by atoms with Gasteiger partial charge in [0.25, 0.3) is 5.69 Å². The highest BCUT2D eigenvalue weighted by molar-refractivity contribution is 6.32. The monoisotopic (exact) mass is 267 g/mol. The highest BCUT2D eigenvalue weighted by Crippen LogP contribution is 2.33. The van der Waals surface area contributed by atoms with Crippen LogP contribution in [0.25, 0.3) is 0 Å². The number of rotatable bonds is 3. The molecular formula is C11H10ClN3O3. The Morgan fingerprint density at radius 2 is 2.17 bits per heavy atom. The molecule has 1 atom stereocenters. The van der Waals surface area contributed by atoms with Crippen LogP contribution in [0.1, 0.15) is 11.5 Å². The maximum absolute atomic E-state index is 11.8. The van der Waals surface area contributed by atoms with Crippen molar-refractivity contribution in [2.75, 3.05) is 14.1 Å². The number of nitro groups is 1. The molecule has 6 nitrogen and oxygen atoms in total. The number of nitro benzene ring substituents is 1. The van der Waals surface area contributed by atoms with Gasteiger partial charge < -0.3 is 4.90 Å². The van der Waals surface area contributed by atoms with E-state index in [4.69, 9.17) is 16.9 Å². The lowest BCUT2D eigenvalue weighted by atomic mass is 9.97. The van der Waals surface area contributed by atoms with Crippen molar-refractivity contribution in [1.82, 2.24) is 4.90 Å². The zero-order chi connectivity index (χ0) is 13.9. The zero-order valence-corrected chi connectivity index (χ0v) is 10.5. The molecule has 18 heavy (non-hydrogen) atoms. The molecular weight excluding hydrogens is 258 g/mol. The number of likely N-dealkylation sites (N-methyl/N-ethyl adjacent to an activating group) is 1. The summed E-state index contributed by atoms with van der Waals surface area (Å²) in [5.41, 5.74) is -0.394. The Kier molecular flexibility index (Phi) is 4.23. The topological polar surface area (TPSA) is 87.2 Å². The lowest BCUT2D eigenvalue weighted by Crippen LogP contribution is -2.28. The summed E-state index contributed by atoms with van der Waals surface area (Å²) < 4.78 is 0. The number of carbonyl (C=O) groups is 1. The summed E-state index contributed by atoms with van der Waals surface area (Å²) in [6.07, 6.45) is 0. The molecule has 0 aliphatic heterocycles. The summed E-state index contributed by atoms with van der Waals surface area (Å²) in [6.45, 7) is 0. The van der Waals surface area contributed by atoms with E-state index in [2.05, 4.69) is 0 Å². The largest absolute Gasteiger partial charge is 0.347 e. The predicted molar refractivity (Wildman–Crippen MR) is 65.2 cm³/mol. The number of amides is 1. The molecule has 0 N–H and O–H groups in total. The molecule has 1 aromatic carbocycles. The van der Waals surface area contributed by atoms with Crippen LogP contribution in [0, 0.1) is 21.4 Å². The minimum absolute atomic E-state index is 0.0333. The number of nitrogens with zero attached hydrogens (tertiary/aromatic N) is 3. The van der Waals surface area contributed by atoms with E-state index < -0.39 is 16.7 Å². The zero-order valence-electron chi connectivity index (χ0n) is 9.75. The molecule has 0 saturated carbocycles. The highest BCUT2D eigenvalue weighted by atomic mass is 35.5. The van der Waals surface area contributed by atoms with Crippen LogP contribution in [0.2, 0.25) is 5.02 Å². The molecule has 0 bridgehead atoms. The second-order valence-electron chi connectivity index (χ2n) is 3.72. The SMILES string of the molecule is CN(C)C(=O)C(C#N)c1c(Cl)cccc1[N+](=O)[O-]. The number of benzene rings is 1. The molecule has 1 aromatic rings. The van der Waals surface area contributed by atoms with E-state index >= 15 is 0 Å². The van der Waals surface area contributed by atoms with E-state index in [-0.39, 0.29) is 16.3 Å². The van der Waals surface area contributed by atoms with E-state index in [0.717, 1.165) is 0 Å². The summed E-state index contributed by atoms with van der Waals surface area (Å²) in [5, 5.41) is 20.0. The predicted octanol–water partition coefficient (Wildman–Crippen LogP) is 1.94. The Morgan fingerprint density at radius 1 is 1.56 bits per heavy atom. The van der Waals surface area contributed by atoms with Crippen molar-refractivity contribution in [3.63, 3.8) is 0 Å². The molecule has 7 heteroatoms. The molecule has 94 valence electrons. The van der Waals surface area contributed by atoms with Crippen molar-refractivity contribution in [3.8, 4) is 6.07 Å². The van der Waals surface area contributed by atoms with Gasteiger partial charge in [-0.25, -0.2) is 0 Å².